The lowest BCUT2D eigenvalue weighted by molar-refractivity contribution is -0.120. The van der Waals surface area contributed by atoms with E-state index >= 15 is 0 Å². The first kappa shape index (κ1) is 18.6. The number of nitrogens with one attached hydrogen (secondary N) is 1. The smallest absolute Gasteiger partial charge is 0.233 e. The predicted molar refractivity (Wildman–Crippen MR) is 102 cm³/mol. The van der Waals surface area contributed by atoms with E-state index in [9.17, 15) is 4.79 Å². The largest absolute Gasteiger partial charge is 0.355 e. The van der Waals surface area contributed by atoms with Gasteiger partial charge in [-0.2, -0.15) is 0 Å². The quantitative estimate of drug-likeness (QED) is 0.556. The van der Waals surface area contributed by atoms with Gasteiger partial charge in [0.25, 0.3) is 0 Å². The van der Waals surface area contributed by atoms with Gasteiger partial charge in [-0.3, -0.25) is 4.79 Å². The monoisotopic (exact) mass is 342 g/mol. The van der Waals surface area contributed by atoms with Crippen LogP contribution in [0.2, 0.25) is 0 Å². The molecule has 0 fully saturated rings. The van der Waals surface area contributed by atoms with Crippen LogP contribution in [0.1, 0.15) is 18.9 Å². The molecular formula is C20H26N2OS. The van der Waals surface area contributed by atoms with Crippen molar-refractivity contribution in [3.05, 3.63) is 66.2 Å². The molecule has 1 amide bonds. The second-order valence-electron chi connectivity index (χ2n) is 5.94. The maximum absolute atomic E-state index is 12.1. The molecule has 1 N–H and O–H groups in total. The predicted octanol–water partition coefficient (Wildman–Crippen LogP) is 3.81. The minimum Gasteiger partial charge on any atom is -0.355 e. The van der Waals surface area contributed by atoms with Gasteiger partial charge in [-0.1, -0.05) is 48.5 Å². The summed E-state index contributed by atoms with van der Waals surface area (Å²) in [5.74, 6) is 0.106. The zero-order chi connectivity index (χ0) is 17.2. The highest BCUT2D eigenvalue weighted by atomic mass is 32.2. The van der Waals surface area contributed by atoms with Gasteiger partial charge in [0.2, 0.25) is 5.91 Å². The lowest BCUT2D eigenvalue weighted by atomic mass is 10.2. The fourth-order valence-corrected chi connectivity index (χ4v) is 3.35. The second-order valence-corrected chi connectivity index (χ2v) is 7.36. The number of hydrogen-bond acceptors (Lipinski definition) is 3. The fourth-order valence-electron chi connectivity index (χ4n) is 2.44. The van der Waals surface area contributed by atoms with E-state index in [1.807, 2.05) is 43.3 Å². The molecule has 0 aromatic heterocycles. The molecule has 128 valence electrons. The summed E-state index contributed by atoms with van der Waals surface area (Å²) < 4.78 is 0. The second kappa shape index (κ2) is 10.2. The van der Waals surface area contributed by atoms with Gasteiger partial charge in [-0.25, -0.2) is 0 Å². The van der Waals surface area contributed by atoms with Crippen molar-refractivity contribution in [1.82, 2.24) is 10.2 Å². The van der Waals surface area contributed by atoms with E-state index in [-0.39, 0.29) is 11.2 Å². The molecule has 4 heteroatoms. The molecule has 0 saturated carbocycles. The Morgan fingerprint density at radius 2 is 1.71 bits per heavy atom. The molecule has 0 aliphatic carbocycles. The van der Waals surface area contributed by atoms with Crippen LogP contribution in [0.15, 0.2) is 65.6 Å². The van der Waals surface area contributed by atoms with Crippen molar-refractivity contribution in [2.75, 3.05) is 20.1 Å². The molecule has 0 heterocycles. The van der Waals surface area contributed by atoms with E-state index in [4.69, 9.17) is 0 Å². The van der Waals surface area contributed by atoms with Crippen molar-refractivity contribution in [2.24, 2.45) is 0 Å². The first-order chi connectivity index (χ1) is 11.6. The van der Waals surface area contributed by atoms with Gasteiger partial charge >= 0.3 is 0 Å². The average molecular weight is 343 g/mol. The van der Waals surface area contributed by atoms with Crippen LogP contribution < -0.4 is 5.32 Å². The van der Waals surface area contributed by atoms with Crippen LogP contribution in [0, 0.1) is 0 Å². The number of amides is 1. The number of thioether (sulfide) groups is 1. The SMILES string of the molecule is CC(Sc1ccccc1)C(=O)NCCCN(C)Cc1ccccc1. The first-order valence-corrected chi connectivity index (χ1v) is 9.25. The van der Waals surface area contributed by atoms with Crippen LogP contribution in [0.5, 0.6) is 0 Å². The Hall–Kier alpha value is -1.78. The maximum Gasteiger partial charge on any atom is 0.233 e. The van der Waals surface area contributed by atoms with Gasteiger partial charge in [-0.05, 0) is 44.6 Å². The van der Waals surface area contributed by atoms with E-state index in [2.05, 4.69) is 41.5 Å². The number of rotatable bonds is 9. The Kier molecular flexibility index (Phi) is 7.86. The Bertz CT molecular complexity index is 604. The molecule has 3 nitrogen and oxygen atoms in total. The van der Waals surface area contributed by atoms with Gasteiger partial charge in [0.15, 0.2) is 0 Å². The fraction of sp³-hybridized carbons (Fsp3) is 0.350. The van der Waals surface area contributed by atoms with Gasteiger partial charge in [0.1, 0.15) is 0 Å². The normalized spacial score (nSPS) is 12.1. The van der Waals surface area contributed by atoms with E-state index < -0.39 is 0 Å². The molecule has 1 atom stereocenters. The summed E-state index contributed by atoms with van der Waals surface area (Å²) in [7, 11) is 2.11. The zero-order valence-corrected chi connectivity index (χ0v) is 15.3. The van der Waals surface area contributed by atoms with Crippen LogP contribution in [0.4, 0.5) is 0 Å². The Balaban J connectivity index is 1.62. The molecule has 0 aliphatic heterocycles. The third-order valence-corrected chi connectivity index (χ3v) is 4.85. The van der Waals surface area contributed by atoms with E-state index in [1.165, 1.54) is 5.56 Å². The van der Waals surface area contributed by atoms with Gasteiger partial charge in [0.05, 0.1) is 5.25 Å². The summed E-state index contributed by atoms with van der Waals surface area (Å²) in [5, 5.41) is 2.96. The third kappa shape index (κ3) is 6.77. The molecule has 1 unspecified atom stereocenters. The van der Waals surface area contributed by atoms with Gasteiger partial charge in [-0.15, -0.1) is 11.8 Å². The van der Waals surface area contributed by atoms with Crippen LogP contribution in [-0.4, -0.2) is 36.2 Å². The molecule has 0 saturated heterocycles. The molecular weight excluding hydrogens is 316 g/mol. The van der Waals surface area contributed by atoms with Crippen molar-refractivity contribution in [1.29, 1.82) is 0 Å². The number of carbonyl (C=O) groups is 1. The Morgan fingerprint density at radius 1 is 1.08 bits per heavy atom. The van der Waals surface area contributed by atoms with Gasteiger partial charge < -0.3 is 10.2 Å². The van der Waals surface area contributed by atoms with Crippen molar-refractivity contribution in [2.45, 2.75) is 30.0 Å². The zero-order valence-electron chi connectivity index (χ0n) is 14.4. The summed E-state index contributed by atoms with van der Waals surface area (Å²) in [6.45, 7) is 4.58. The maximum atomic E-state index is 12.1. The molecule has 0 aliphatic rings. The van der Waals surface area contributed by atoms with Crippen molar-refractivity contribution >= 4 is 17.7 Å². The Morgan fingerprint density at radius 3 is 2.38 bits per heavy atom. The van der Waals surface area contributed by atoms with Crippen LogP contribution in [0.3, 0.4) is 0 Å². The van der Waals surface area contributed by atoms with Crippen LogP contribution in [-0.2, 0) is 11.3 Å². The minimum atomic E-state index is -0.0746. The van der Waals surface area contributed by atoms with Crippen molar-refractivity contribution in [3.63, 3.8) is 0 Å². The van der Waals surface area contributed by atoms with Crippen molar-refractivity contribution in [3.8, 4) is 0 Å². The summed E-state index contributed by atoms with van der Waals surface area (Å²) >= 11 is 1.60. The van der Waals surface area contributed by atoms with Gasteiger partial charge in [0, 0.05) is 18.0 Å². The molecule has 0 bridgehead atoms. The lowest BCUT2D eigenvalue weighted by Crippen LogP contribution is -2.33. The Labute approximate surface area is 149 Å². The molecule has 0 radical (unpaired) electrons. The van der Waals surface area contributed by atoms with Crippen molar-refractivity contribution < 1.29 is 4.79 Å². The highest BCUT2D eigenvalue weighted by molar-refractivity contribution is 8.00. The third-order valence-electron chi connectivity index (χ3n) is 3.74. The average Bonchev–Trinajstić information content (AvgIpc) is 2.60. The topological polar surface area (TPSA) is 32.3 Å². The first-order valence-electron chi connectivity index (χ1n) is 8.37. The molecule has 2 rings (SSSR count). The lowest BCUT2D eigenvalue weighted by Gasteiger charge is -2.17. The molecule has 0 spiro atoms. The highest BCUT2D eigenvalue weighted by Crippen LogP contribution is 2.22. The summed E-state index contributed by atoms with van der Waals surface area (Å²) in [6, 6.07) is 20.5. The van der Waals surface area contributed by atoms with E-state index in [0.717, 1.165) is 31.0 Å². The number of carbonyl (C=O) groups excluding carboxylic acids is 1. The molecule has 2 aromatic carbocycles. The standard InChI is InChI=1S/C20H26N2OS/c1-17(24-19-12-7-4-8-13-19)20(23)21-14-9-15-22(2)16-18-10-5-3-6-11-18/h3-8,10-13,17H,9,14-16H2,1-2H3,(H,21,23). The van der Waals surface area contributed by atoms with Crippen LogP contribution in [0.25, 0.3) is 0 Å². The van der Waals surface area contributed by atoms with E-state index in [1.54, 1.807) is 11.8 Å². The number of benzene rings is 2. The minimum absolute atomic E-state index is 0.0746. The summed E-state index contributed by atoms with van der Waals surface area (Å²) in [5.41, 5.74) is 1.32. The highest BCUT2D eigenvalue weighted by Gasteiger charge is 2.13. The number of nitrogens with zero attached hydrogens (tertiary/aromatic N) is 1. The molecule has 24 heavy (non-hydrogen) atoms. The summed E-state index contributed by atoms with van der Waals surface area (Å²) in [4.78, 5) is 15.5. The van der Waals surface area contributed by atoms with Crippen LogP contribution >= 0.6 is 11.8 Å². The van der Waals surface area contributed by atoms with E-state index in [0.29, 0.717) is 0 Å². The molecule has 2 aromatic rings. The number of hydrogen-bond donors (Lipinski definition) is 1. The summed E-state index contributed by atoms with van der Waals surface area (Å²) in [6.07, 6.45) is 0.956.